The molecule has 0 aliphatic carbocycles. The predicted octanol–water partition coefficient (Wildman–Crippen LogP) is 0.691. The van der Waals surface area contributed by atoms with Crippen LogP contribution in [-0.2, 0) is 6.42 Å². The number of carboxylic acid groups (broad SMARTS) is 1. The number of hydrogen-bond acceptors (Lipinski definition) is 4. The Morgan fingerprint density at radius 3 is 3.33 bits per heavy atom. The number of aromatic nitrogens is 2. The molecule has 1 aromatic rings. The van der Waals surface area contributed by atoms with Gasteiger partial charge in [-0.3, -0.25) is 10.3 Å². The van der Waals surface area contributed by atoms with Gasteiger partial charge in [0.2, 0.25) is 0 Å². The van der Waals surface area contributed by atoms with Gasteiger partial charge in [0.25, 0.3) is 0 Å². The summed E-state index contributed by atoms with van der Waals surface area (Å²) in [6.07, 6.45) is 3.10. The minimum atomic E-state index is -1.07. The molecule has 15 heavy (non-hydrogen) atoms. The molecule has 0 aromatic carbocycles. The van der Waals surface area contributed by atoms with Crippen LogP contribution in [0.5, 0.6) is 0 Å². The largest absolute Gasteiger partial charge is 0.465 e. The van der Waals surface area contributed by atoms with Gasteiger partial charge in [0.1, 0.15) is 5.82 Å². The van der Waals surface area contributed by atoms with Crippen LogP contribution in [0.1, 0.15) is 5.82 Å². The molecule has 1 aliphatic heterocycles. The number of hydrogen-bond donors (Lipinski definition) is 3. The molecular formula is C8H10N4O2S. The van der Waals surface area contributed by atoms with Gasteiger partial charge in [-0.15, -0.1) is 0 Å². The molecule has 1 aliphatic rings. The fourth-order valence-corrected chi connectivity index (χ4v) is 2.24. The average molecular weight is 226 g/mol. The van der Waals surface area contributed by atoms with Gasteiger partial charge in [-0.1, -0.05) is 11.8 Å². The van der Waals surface area contributed by atoms with E-state index in [4.69, 9.17) is 5.11 Å². The molecule has 6 nitrogen and oxygen atoms in total. The van der Waals surface area contributed by atoms with Crippen LogP contribution in [0.2, 0.25) is 0 Å². The third kappa shape index (κ3) is 2.72. The maximum Gasteiger partial charge on any atom is 0.410 e. The summed E-state index contributed by atoms with van der Waals surface area (Å²) in [6, 6.07) is 0.1000. The standard InChI is InChI=1S/C8H10N4O2S/c13-8(14)12-7-11-5(4-15-7)3-6-9-1-2-10-6/h1-2,5H,3-4H2,(H,9,10)(H,11,12)(H,13,14)/t5-/m0/s1. The maximum absolute atomic E-state index is 10.4. The van der Waals surface area contributed by atoms with E-state index in [1.54, 1.807) is 12.4 Å². The van der Waals surface area contributed by atoms with Crippen LogP contribution in [0.15, 0.2) is 17.4 Å². The Hall–Kier alpha value is -1.50. The maximum atomic E-state index is 10.4. The molecule has 2 heterocycles. The smallest absolute Gasteiger partial charge is 0.410 e. The third-order valence-corrected chi connectivity index (χ3v) is 2.94. The van der Waals surface area contributed by atoms with Crippen molar-refractivity contribution in [3.8, 4) is 0 Å². The highest BCUT2D eigenvalue weighted by molar-refractivity contribution is 8.14. The second kappa shape index (κ2) is 4.35. The molecule has 2 rings (SSSR count). The van der Waals surface area contributed by atoms with Gasteiger partial charge >= 0.3 is 6.09 Å². The van der Waals surface area contributed by atoms with E-state index >= 15 is 0 Å². The Kier molecular flexibility index (Phi) is 2.91. The number of carbonyl (C=O) groups is 1. The third-order valence-electron chi connectivity index (χ3n) is 1.91. The molecule has 0 fully saturated rings. The number of amides is 1. The van der Waals surface area contributed by atoms with Gasteiger partial charge in [-0.05, 0) is 0 Å². The summed E-state index contributed by atoms with van der Waals surface area (Å²) in [4.78, 5) is 21.7. The molecule has 80 valence electrons. The molecule has 0 bridgehead atoms. The number of nitrogens with zero attached hydrogens (tertiary/aromatic N) is 2. The number of aliphatic imine (C=N–C) groups is 1. The minimum absolute atomic E-state index is 0.1000. The van der Waals surface area contributed by atoms with E-state index in [9.17, 15) is 4.79 Å². The lowest BCUT2D eigenvalue weighted by molar-refractivity contribution is 0.200. The number of aromatic amines is 1. The quantitative estimate of drug-likeness (QED) is 0.692. The van der Waals surface area contributed by atoms with Crippen LogP contribution in [-0.4, -0.2) is 38.1 Å². The molecule has 0 radical (unpaired) electrons. The zero-order chi connectivity index (χ0) is 10.7. The Morgan fingerprint density at radius 1 is 1.80 bits per heavy atom. The first kappa shape index (κ1) is 10.0. The van der Waals surface area contributed by atoms with Crippen molar-refractivity contribution < 1.29 is 9.90 Å². The average Bonchev–Trinajstić information content (AvgIpc) is 2.77. The highest BCUT2D eigenvalue weighted by Gasteiger charge is 2.20. The summed E-state index contributed by atoms with van der Waals surface area (Å²) in [7, 11) is 0. The van der Waals surface area contributed by atoms with Crippen molar-refractivity contribution in [1.29, 1.82) is 0 Å². The lowest BCUT2D eigenvalue weighted by Gasteiger charge is -2.01. The van der Waals surface area contributed by atoms with Crippen LogP contribution in [0.3, 0.4) is 0 Å². The van der Waals surface area contributed by atoms with Gasteiger partial charge in [0.15, 0.2) is 5.17 Å². The van der Waals surface area contributed by atoms with Gasteiger partial charge in [-0.25, -0.2) is 9.78 Å². The van der Waals surface area contributed by atoms with Gasteiger partial charge < -0.3 is 10.1 Å². The first-order chi connectivity index (χ1) is 7.24. The summed E-state index contributed by atoms with van der Waals surface area (Å²) in [5, 5.41) is 11.2. The Balaban J connectivity index is 1.91. The van der Waals surface area contributed by atoms with E-state index in [2.05, 4.69) is 20.3 Å². The zero-order valence-corrected chi connectivity index (χ0v) is 8.62. The zero-order valence-electron chi connectivity index (χ0n) is 7.80. The predicted molar refractivity (Wildman–Crippen MR) is 57.1 cm³/mol. The van der Waals surface area contributed by atoms with Crippen molar-refractivity contribution in [2.24, 2.45) is 4.99 Å². The Labute approximate surface area is 90.2 Å². The monoisotopic (exact) mass is 226 g/mol. The highest BCUT2D eigenvalue weighted by Crippen LogP contribution is 2.18. The number of amidine groups is 1. The minimum Gasteiger partial charge on any atom is -0.465 e. The molecule has 7 heteroatoms. The number of imidazole rings is 1. The highest BCUT2D eigenvalue weighted by atomic mass is 32.2. The van der Waals surface area contributed by atoms with Crippen molar-refractivity contribution in [1.82, 2.24) is 15.3 Å². The first-order valence-corrected chi connectivity index (χ1v) is 5.41. The van der Waals surface area contributed by atoms with Crippen molar-refractivity contribution >= 4 is 23.0 Å². The topological polar surface area (TPSA) is 90.4 Å². The van der Waals surface area contributed by atoms with Crippen molar-refractivity contribution in [3.63, 3.8) is 0 Å². The van der Waals surface area contributed by atoms with Crippen LogP contribution in [0.25, 0.3) is 0 Å². The summed E-state index contributed by atoms with van der Waals surface area (Å²) in [6.45, 7) is 0. The van der Waals surface area contributed by atoms with E-state index in [-0.39, 0.29) is 6.04 Å². The fourth-order valence-electron chi connectivity index (χ4n) is 1.31. The van der Waals surface area contributed by atoms with Crippen molar-refractivity contribution in [2.45, 2.75) is 12.5 Å². The van der Waals surface area contributed by atoms with Crippen LogP contribution < -0.4 is 5.32 Å². The molecule has 0 unspecified atom stereocenters. The summed E-state index contributed by atoms with van der Waals surface area (Å²) in [5.74, 6) is 1.66. The summed E-state index contributed by atoms with van der Waals surface area (Å²) >= 11 is 1.42. The van der Waals surface area contributed by atoms with E-state index < -0.39 is 6.09 Å². The van der Waals surface area contributed by atoms with E-state index in [1.807, 2.05) is 0 Å². The van der Waals surface area contributed by atoms with E-state index in [1.165, 1.54) is 11.8 Å². The first-order valence-electron chi connectivity index (χ1n) is 4.43. The molecule has 0 saturated heterocycles. The number of H-pyrrole nitrogens is 1. The molecule has 1 aromatic heterocycles. The molecular weight excluding hydrogens is 216 g/mol. The second-order valence-corrected chi connectivity index (χ2v) is 4.08. The summed E-state index contributed by atoms with van der Waals surface area (Å²) < 4.78 is 0. The molecule has 0 spiro atoms. The summed E-state index contributed by atoms with van der Waals surface area (Å²) in [5.41, 5.74) is 0. The molecule has 1 atom stereocenters. The normalized spacial score (nSPS) is 20.0. The van der Waals surface area contributed by atoms with Crippen molar-refractivity contribution in [2.75, 3.05) is 5.75 Å². The van der Waals surface area contributed by atoms with Crippen LogP contribution >= 0.6 is 11.8 Å². The lowest BCUT2D eigenvalue weighted by Crippen LogP contribution is -2.25. The SMILES string of the molecule is O=C(O)NC1=N[C@@H](Cc2ncc[nH]2)CS1. The number of thioether (sulfide) groups is 1. The Bertz CT molecular complexity index is 376. The molecule has 3 N–H and O–H groups in total. The molecule has 0 saturated carbocycles. The van der Waals surface area contributed by atoms with Gasteiger partial charge in [0.05, 0.1) is 6.04 Å². The van der Waals surface area contributed by atoms with E-state index in [0.717, 1.165) is 11.6 Å². The van der Waals surface area contributed by atoms with Gasteiger partial charge in [-0.2, -0.15) is 0 Å². The van der Waals surface area contributed by atoms with E-state index in [0.29, 0.717) is 11.6 Å². The second-order valence-electron chi connectivity index (χ2n) is 3.07. The Morgan fingerprint density at radius 2 is 2.67 bits per heavy atom. The number of nitrogens with one attached hydrogen (secondary N) is 2. The van der Waals surface area contributed by atoms with Gasteiger partial charge in [0, 0.05) is 24.6 Å². The van der Waals surface area contributed by atoms with Crippen LogP contribution in [0, 0.1) is 0 Å². The number of rotatable bonds is 2. The van der Waals surface area contributed by atoms with Crippen molar-refractivity contribution in [3.05, 3.63) is 18.2 Å². The molecule has 1 amide bonds. The van der Waals surface area contributed by atoms with Crippen LogP contribution in [0.4, 0.5) is 4.79 Å². The fraction of sp³-hybridized carbons (Fsp3) is 0.375. The lowest BCUT2D eigenvalue weighted by atomic mass is 10.2.